The van der Waals surface area contributed by atoms with Crippen LogP contribution in [-0.2, 0) is 9.53 Å². The second-order valence-electron chi connectivity index (χ2n) is 7.95. The van der Waals surface area contributed by atoms with Crippen LogP contribution in [0.25, 0.3) is 0 Å². The summed E-state index contributed by atoms with van der Waals surface area (Å²) in [4.78, 5) is 16.9. The summed E-state index contributed by atoms with van der Waals surface area (Å²) in [6.07, 6.45) is 11.9. The van der Waals surface area contributed by atoms with Gasteiger partial charge in [0.25, 0.3) is 0 Å². The van der Waals surface area contributed by atoms with Crippen molar-refractivity contribution in [2.45, 2.75) is 50.5 Å². The third-order valence-electron chi connectivity index (χ3n) is 5.92. The van der Waals surface area contributed by atoms with E-state index in [1.807, 2.05) is 0 Å². The standard InChI is InChI=1S/C19H32N2O2/c1-20(2)11-7-16-8-14-23-19(15-16)9-12-21(13-10-19)18(22)17-5-3-4-6-17/h3-4,16-17H,5-15H2,1-2H3. The van der Waals surface area contributed by atoms with Crippen molar-refractivity contribution in [1.29, 1.82) is 0 Å². The van der Waals surface area contributed by atoms with E-state index in [-0.39, 0.29) is 11.5 Å². The fourth-order valence-corrected chi connectivity index (χ4v) is 4.38. The molecule has 1 atom stereocenters. The van der Waals surface area contributed by atoms with Crippen molar-refractivity contribution in [3.8, 4) is 0 Å². The SMILES string of the molecule is CN(C)CCC1CCOC2(CCN(C(=O)C3CC=CC3)CC2)C1. The fourth-order valence-electron chi connectivity index (χ4n) is 4.38. The topological polar surface area (TPSA) is 32.8 Å². The average Bonchev–Trinajstić information content (AvgIpc) is 3.08. The van der Waals surface area contributed by atoms with Gasteiger partial charge in [-0.05, 0) is 71.5 Å². The highest BCUT2D eigenvalue weighted by atomic mass is 16.5. The number of nitrogens with zero attached hydrogens (tertiary/aromatic N) is 2. The summed E-state index contributed by atoms with van der Waals surface area (Å²) in [6.45, 7) is 3.84. The van der Waals surface area contributed by atoms with Gasteiger partial charge < -0.3 is 14.5 Å². The first kappa shape index (κ1) is 17.0. The number of rotatable bonds is 4. The molecule has 0 aromatic heterocycles. The summed E-state index contributed by atoms with van der Waals surface area (Å²) in [5, 5.41) is 0. The van der Waals surface area contributed by atoms with E-state index in [9.17, 15) is 4.79 Å². The van der Waals surface area contributed by atoms with Crippen molar-refractivity contribution in [2.75, 3.05) is 40.3 Å². The molecule has 3 aliphatic rings. The smallest absolute Gasteiger partial charge is 0.226 e. The summed E-state index contributed by atoms with van der Waals surface area (Å²) in [5.74, 6) is 1.36. The van der Waals surface area contributed by atoms with Gasteiger partial charge in [-0.15, -0.1) is 0 Å². The van der Waals surface area contributed by atoms with Crippen molar-refractivity contribution in [1.82, 2.24) is 9.80 Å². The number of hydrogen-bond donors (Lipinski definition) is 0. The Morgan fingerprint density at radius 1 is 1.26 bits per heavy atom. The molecule has 0 aromatic rings. The minimum Gasteiger partial charge on any atom is -0.375 e. The van der Waals surface area contributed by atoms with Crippen LogP contribution in [0.1, 0.15) is 44.9 Å². The molecular formula is C19H32N2O2. The van der Waals surface area contributed by atoms with Gasteiger partial charge in [0.2, 0.25) is 5.91 Å². The van der Waals surface area contributed by atoms with Gasteiger partial charge in [0.15, 0.2) is 0 Å². The van der Waals surface area contributed by atoms with Crippen LogP contribution in [0.5, 0.6) is 0 Å². The molecule has 0 N–H and O–H groups in total. The summed E-state index contributed by atoms with van der Waals surface area (Å²) in [5.41, 5.74) is 0.0555. The van der Waals surface area contributed by atoms with Crippen molar-refractivity contribution >= 4 is 5.91 Å². The second kappa shape index (κ2) is 7.35. The fraction of sp³-hybridized carbons (Fsp3) is 0.842. The van der Waals surface area contributed by atoms with E-state index in [1.54, 1.807) is 0 Å². The monoisotopic (exact) mass is 320 g/mol. The first-order chi connectivity index (χ1) is 11.1. The summed E-state index contributed by atoms with van der Waals surface area (Å²) in [7, 11) is 4.30. The van der Waals surface area contributed by atoms with Crippen LogP contribution in [0.4, 0.5) is 0 Å². The van der Waals surface area contributed by atoms with Crippen molar-refractivity contribution in [2.24, 2.45) is 11.8 Å². The number of likely N-dealkylation sites (tertiary alicyclic amines) is 1. The Labute approximate surface area is 140 Å². The van der Waals surface area contributed by atoms with Gasteiger partial charge in [0, 0.05) is 25.6 Å². The Hall–Kier alpha value is -0.870. The maximum absolute atomic E-state index is 12.6. The minimum absolute atomic E-state index is 0.0555. The lowest BCUT2D eigenvalue weighted by Crippen LogP contribution is -2.51. The van der Waals surface area contributed by atoms with Crippen molar-refractivity contribution < 1.29 is 9.53 Å². The Morgan fingerprint density at radius 2 is 1.96 bits per heavy atom. The van der Waals surface area contributed by atoms with Gasteiger partial charge in [0.05, 0.1) is 5.60 Å². The summed E-state index contributed by atoms with van der Waals surface area (Å²) in [6, 6.07) is 0. The number of hydrogen-bond acceptors (Lipinski definition) is 3. The predicted molar refractivity (Wildman–Crippen MR) is 92.3 cm³/mol. The van der Waals surface area contributed by atoms with Crippen molar-refractivity contribution in [3.63, 3.8) is 0 Å². The van der Waals surface area contributed by atoms with E-state index < -0.39 is 0 Å². The number of piperidine rings is 1. The minimum atomic E-state index is 0.0555. The molecule has 4 heteroatoms. The van der Waals surface area contributed by atoms with E-state index in [4.69, 9.17) is 4.74 Å². The highest BCUT2D eigenvalue weighted by Gasteiger charge is 2.41. The van der Waals surface area contributed by atoms with E-state index >= 15 is 0 Å². The third-order valence-corrected chi connectivity index (χ3v) is 5.92. The second-order valence-corrected chi connectivity index (χ2v) is 7.95. The Morgan fingerprint density at radius 3 is 2.61 bits per heavy atom. The van der Waals surface area contributed by atoms with Crippen LogP contribution in [-0.4, -0.2) is 61.6 Å². The quantitative estimate of drug-likeness (QED) is 0.747. The molecule has 2 fully saturated rings. The molecule has 0 saturated carbocycles. The lowest BCUT2D eigenvalue weighted by atomic mass is 9.78. The molecule has 4 nitrogen and oxygen atoms in total. The molecule has 1 unspecified atom stereocenters. The molecule has 0 radical (unpaired) electrons. The maximum Gasteiger partial charge on any atom is 0.226 e. The lowest BCUT2D eigenvalue weighted by molar-refractivity contribution is -0.150. The molecular weight excluding hydrogens is 288 g/mol. The number of carbonyl (C=O) groups excluding carboxylic acids is 1. The zero-order valence-electron chi connectivity index (χ0n) is 14.8. The molecule has 2 heterocycles. The Balaban J connectivity index is 1.49. The number of amides is 1. The lowest BCUT2D eigenvalue weighted by Gasteiger charge is -2.46. The molecule has 0 aromatic carbocycles. The summed E-state index contributed by atoms with van der Waals surface area (Å²) >= 11 is 0. The summed E-state index contributed by atoms with van der Waals surface area (Å²) < 4.78 is 6.23. The van der Waals surface area contributed by atoms with E-state index in [0.29, 0.717) is 5.91 Å². The molecule has 1 aliphatic carbocycles. The van der Waals surface area contributed by atoms with Gasteiger partial charge in [-0.3, -0.25) is 4.79 Å². The van der Waals surface area contributed by atoms with Crippen LogP contribution < -0.4 is 0 Å². The molecule has 3 rings (SSSR count). The van der Waals surface area contributed by atoms with Crippen LogP contribution in [0.15, 0.2) is 12.2 Å². The third kappa shape index (κ3) is 4.16. The highest BCUT2D eigenvalue weighted by molar-refractivity contribution is 5.79. The maximum atomic E-state index is 12.6. The van der Waals surface area contributed by atoms with Crippen LogP contribution in [0, 0.1) is 11.8 Å². The molecule has 2 aliphatic heterocycles. The number of allylic oxidation sites excluding steroid dienone is 2. The Bertz CT molecular complexity index is 431. The van der Waals surface area contributed by atoms with Gasteiger partial charge in [-0.25, -0.2) is 0 Å². The van der Waals surface area contributed by atoms with Crippen LogP contribution in [0.3, 0.4) is 0 Å². The molecule has 1 spiro atoms. The van der Waals surface area contributed by atoms with E-state index in [0.717, 1.165) is 51.3 Å². The number of ether oxygens (including phenoxy) is 1. The van der Waals surface area contributed by atoms with Crippen LogP contribution >= 0.6 is 0 Å². The molecule has 23 heavy (non-hydrogen) atoms. The molecule has 0 bridgehead atoms. The number of carbonyl (C=O) groups is 1. The molecule has 1 amide bonds. The largest absolute Gasteiger partial charge is 0.375 e. The first-order valence-electron chi connectivity index (χ1n) is 9.30. The highest BCUT2D eigenvalue weighted by Crippen LogP contribution is 2.39. The van der Waals surface area contributed by atoms with E-state index in [2.05, 4.69) is 36.0 Å². The van der Waals surface area contributed by atoms with Gasteiger partial charge in [-0.2, -0.15) is 0 Å². The zero-order chi connectivity index (χ0) is 16.3. The van der Waals surface area contributed by atoms with Crippen LogP contribution in [0.2, 0.25) is 0 Å². The van der Waals surface area contributed by atoms with Gasteiger partial charge in [0.1, 0.15) is 0 Å². The Kier molecular flexibility index (Phi) is 5.42. The van der Waals surface area contributed by atoms with E-state index in [1.165, 1.54) is 25.8 Å². The van der Waals surface area contributed by atoms with Gasteiger partial charge >= 0.3 is 0 Å². The normalized spacial score (nSPS) is 28.0. The predicted octanol–water partition coefficient (Wildman–Crippen LogP) is 2.69. The molecule has 2 saturated heterocycles. The first-order valence-corrected chi connectivity index (χ1v) is 9.30. The zero-order valence-corrected chi connectivity index (χ0v) is 14.8. The van der Waals surface area contributed by atoms with Gasteiger partial charge in [-0.1, -0.05) is 12.2 Å². The molecule has 130 valence electrons. The average molecular weight is 320 g/mol. The van der Waals surface area contributed by atoms with Crippen molar-refractivity contribution in [3.05, 3.63) is 12.2 Å².